The maximum Gasteiger partial charge on any atom is 0.238 e. The molecule has 0 spiro atoms. The van der Waals surface area contributed by atoms with E-state index in [0.29, 0.717) is 30.8 Å². The maximum atomic E-state index is 12.2. The highest BCUT2D eigenvalue weighted by Gasteiger charge is 2.06. The minimum Gasteiger partial charge on any atom is -0.326 e. The van der Waals surface area contributed by atoms with Crippen molar-refractivity contribution in [2.45, 2.75) is 51.9 Å². The quantitative estimate of drug-likeness (QED) is 0.428. The van der Waals surface area contributed by atoms with Crippen LogP contribution in [0.4, 0.5) is 11.4 Å². The fourth-order valence-electron chi connectivity index (χ4n) is 3.06. The van der Waals surface area contributed by atoms with Gasteiger partial charge in [-0.15, -0.1) is 0 Å². The lowest BCUT2D eigenvalue weighted by Crippen LogP contribution is -2.28. The second-order valence-electron chi connectivity index (χ2n) is 7.25. The van der Waals surface area contributed by atoms with E-state index in [0.717, 1.165) is 18.5 Å². The molecule has 5 heteroatoms. The summed E-state index contributed by atoms with van der Waals surface area (Å²) in [7, 11) is 0. The maximum absolute atomic E-state index is 12.2. The molecule has 156 valence electrons. The molecule has 2 amide bonds. The summed E-state index contributed by atoms with van der Waals surface area (Å²) in [4.78, 5) is 24.3. The smallest absolute Gasteiger partial charge is 0.238 e. The number of hydrogen-bond acceptors (Lipinski definition) is 3. The van der Waals surface area contributed by atoms with Crippen molar-refractivity contribution in [3.63, 3.8) is 0 Å². The number of carbonyl (C=O) groups is 2. The van der Waals surface area contributed by atoms with Crippen molar-refractivity contribution in [1.82, 2.24) is 5.32 Å². The van der Waals surface area contributed by atoms with Gasteiger partial charge in [0, 0.05) is 17.8 Å². The predicted molar refractivity (Wildman–Crippen MR) is 120 cm³/mol. The summed E-state index contributed by atoms with van der Waals surface area (Å²) < 4.78 is 0. The Balaban J connectivity index is 1.68. The molecular weight excluding hydrogens is 362 g/mol. The Bertz CT molecular complexity index is 747. The molecule has 0 unspecified atom stereocenters. The number of nitrogens with one attached hydrogen (secondary N) is 3. The largest absolute Gasteiger partial charge is 0.326 e. The van der Waals surface area contributed by atoms with Crippen molar-refractivity contribution < 1.29 is 9.59 Å². The van der Waals surface area contributed by atoms with Gasteiger partial charge in [-0.25, -0.2) is 0 Å². The summed E-state index contributed by atoms with van der Waals surface area (Å²) in [6.07, 6.45) is 7.19. The van der Waals surface area contributed by atoms with Crippen LogP contribution in [0.25, 0.3) is 0 Å². The van der Waals surface area contributed by atoms with E-state index in [1.165, 1.54) is 25.7 Å². The van der Waals surface area contributed by atoms with Gasteiger partial charge in [-0.2, -0.15) is 0 Å². The molecule has 0 aliphatic rings. The van der Waals surface area contributed by atoms with Gasteiger partial charge in [0.15, 0.2) is 0 Å². The molecule has 0 atom stereocenters. The van der Waals surface area contributed by atoms with Gasteiger partial charge in [0.1, 0.15) is 0 Å². The average Bonchev–Trinajstić information content (AvgIpc) is 2.72. The zero-order valence-electron chi connectivity index (χ0n) is 17.4. The molecule has 2 aromatic rings. The molecule has 29 heavy (non-hydrogen) atoms. The third-order valence-corrected chi connectivity index (χ3v) is 4.66. The van der Waals surface area contributed by atoms with E-state index in [1.54, 1.807) is 6.07 Å². The van der Waals surface area contributed by atoms with Crippen molar-refractivity contribution in [2.24, 2.45) is 0 Å². The molecule has 3 N–H and O–H groups in total. The van der Waals surface area contributed by atoms with E-state index in [-0.39, 0.29) is 11.8 Å². The number of benzene rings is 2. The molecule has 0 bridgehead atoms. The van der Waals surface area contributed by atoms with Gasteiger partial charge in [-0.05, 0) is 43.1 Å². The number of hydrogen-bond donors (Lipinski definition) is 3. The lowest BCUT2D eigenvalue weighted by molar-refractivity contribution is -0.116. The second-order valence-corrected chi connectivity index (χ2v) is 7.25. The monoisotopic (exact) mass is 395 g/mol. The number of carbonyl (C=O) groups excluding carboxylic acids is 2. The SMILES string of the molecule is CCCCCCCNCC(=O)Nc1cccc(NC(=O)CCc2ccccc2)c1. The summed E-state index contributed by atoms with van der Waals surface area (Å²) >= 11 is 0. The highest BCUT2D eigenvalue weighted by molar-refractivity contribution is 5.94. The van der Waals surface area contributed by atoms with Crippen LogP contribution in [0.15, 0.2) is 54.6 Å². The summed E-state index contributed by atoms with van der Waals surface area (Å²) in [5.41, 5.74) is 2.51. The van der Waals surface area contributed by atoms with Gasteiger partial charge in [-0.3, -0.25) is 9.59 Å². The van der Waals surface area contributed by atoms with Crippen LogP contribution in [0.3, 0.4) is 0 Å². The number of anilines is 2. The lowest BCUT2D eigenvalue weighted by Gasteiger charge is -2.10. The van der Waals surface area contributed by atoms with Crippen molar-refractivity contribution in [1.29, 1.82) is 0 Å². The Morgan fingerprint density at radius 1 is 0.793 bits per heavy atom. The highest BCUT2D eigenvalue weighted by Crippen LogP contribution is 2.15. The molecule has 0 radical (unpaired) electrons. The summed E-state index contributed by atoms with van der Waals surface area (Å²) in [6.45, 7) is 3.35. The van der Waals surface area contributed by atoms with Crippen LogP contribution in [-0.4, -0.2) is 24.9 Å². The summed E-state index contributed by atoms with van der Waals surface area (Å²) in [6, 6.07) is 17.2. The molecule has 0 heterocycles. The molecule has 2 rings (SSSR count). The van der Waals surface area contributed by atoms with Crippen molar-refractivity contribution >= 4 is 23.2 Å². The summed E-state index contributed by atoms with van der Waals surface area (Å²) in [5, 5.41) is 8.95. The van der Waals surface area contributed by atoms with Gasteiger partial charge in [0.25, 0.3) is 0 Å². The number of aryl methyl sites for hydroxylation is 1. The highest BCUT2D eigenvalue weighted by atomic mass is 16.2. The number of rotatable bonds is 13. The summed E-state index contributed by atoms with van der Waals surface area (Å²) in [5.74, 6) is -0.117. The van der Waals surface area contributed by atoms with Gasteiger partial charge >= 0.3 is 0 Å². The van der Waals surface area contributed by atoms with Crippen LogP contribution in [0.5, 0.6) is 0 Å². The minimum atomic E-state index is -0.0777. The first kappa shape index (κ1) is 22.6. The van der Waals surface area contributed by atoms with Gasteiger partial charge in [0.05, 0.1) is 6.54 Å². The van der Waals surface area contributed by atoms with Crippen LogP contribution in [0, 0.1) is 0 Å². The van der Waals surface area contributed by atoms with Crippen LogP contribution in [0.2, 0.25) is 0 Å². The van der Waals surface area contributed by atoms with E-state index in [1.807, 2.05) is 48.5 Å². The Kier molecular flexibility index (Phi) is 10.5. The van der Waals surface area contributed by atoms with Crippen molar-refractivity contribution in [2.75, 3.05) is 23.7 Å². The minimum absolute atomic E-state index is 0.0398. The second kappa shape index (κ2) is 13.5. The molecule has 5 nitrogen and oxygen atoms in total. The Morgan fingerprint density at radius 3 is 2.21 bits per heavy atom. The zero-order chi connectivity index (χ0) is 20.7. The van der Waals surface area contributed by atoms with E-state index in [9.17, 15) is 9.59 Å². The molecule has 0 saturated carbocycles. The molecule has 0 fully saturated rings. The predicted octanol–water partition coefficient (Wildman–Crippen LogP) is 4.76. The average molecular weight is 396 g/mol. The molecule has 0 aromatic heterocycles. The number of unbranched alkanes of at least 4 members (excludes halogenated alkanes) is 4. The number of amides is 2. The van der Waals surface area contributed by atoms with Gasteiger partial charge < -0.3 is 16.0 Å². The third-order valence-electron chi connectivity index (χ3n) is 4.66. The fourth-order valence-corrected chi connectivity index (χ4v) is 3.06. The standard InChI is InChI=1S/C24H33N3O2/c1-2-3-4-5-9-17-25-19-24(29)27-22-14-10-13-21(18-22)26-23(28)16-15-20-11-7-6-8-12-20/h6-8,10-14,18,25H,2-5,9,15-17,19H2,1H3,(H,26,28)(H,27,29). The third kappa shape index (κ3) is 9.90. The lowest BCUT2D eigenvalue weighted by atomic mass is 10.1. The van der Waals surface area contributed by atoms with Crippen LogP contribution in [0.1, 0.15) is 51.0 Å². The molecule has 0 aliphatic heterocycles. The van der Waals surface area contributed by atoms with Crippen LogP contribution in [-0.2, 0) is 16.0 Å². The molecule has 0 aliphatic carbocycles. The van der Waals surface area contributed by atoms with E-state index in [4.69, 9.17) is 0 Å². The van der Waals surface area contributed by atoms with E-state index < -0.39 is 0 Å². The fraction of sp³-hybridized carbons (Fsp3) is 0.417. The molecule has 2 aromatic carbocycles. The van der Waals surface area contributed by atoms with Gasteiger partial charge in [-0.1, -0.05) is 69.0 Å². The topological polar surface area (TPSA) is 70.2 Å². The van der Waals surface area contributed by atoms with Crippen molar-refractivity contribution in [3.05, 3.63) is 60.2 Å². The Morgan fingerprint density at radius 2 is 1.48 bits per heavy atom. The Hall–Kier alpha value is -2.66. The molecular formula is C24H33N3O2. The first-order chi connectivity index (χ1) is 14.2. The first-order valence-corrected chi connectivity index (χ1v) is 10.6. The normalized spacial score (nSPS) is 10.5. The van der Waals surface area contributed by atoms with Crippen LogP contribution >= 0.6 is 0 Å². The first-order valence-electron chi connectivity index (χ1n) is 10.6. The zero-order valence-corrected chi connectivity index (χ0v) is 17.4. The Labute approximate surface area is 174 Å². The van der Waals surface area contributed by atoms with E-state index >= 15 is 0 Å². The van der Waals surface area contributed by atoms with Crippen LogP contribution < -0.4 is 16.0 Å². The molecule has 0 saturated heterocycles. The van der Waals surface area contributed by atoms with Crippen molar-refractivity contribution in [3.8, 4) is 0 Å². The van der Waals surface area contributed by atoms with Gasteiger partial charge in [0.2, 0.25) is 11.8 Å². The van der Waals surface area contributed by atoms with E-state index in [2.05, 4.69) is 22.9 Å².